The van der Waals surface area contributed by atoms with Gasteiger partial charge < -0.3 is 4.42 Å². The number of hydrogen-bond donors (Lipinski definition) is 2. The Labute approximate surface area is 170 Å². The molecule has 2 heterocycles. The number of hydrogen-bond acceptors (Lipinski definition) is 7. The van der Waals surface area contributed by atoms with Crippen LogP contribution in [0.15, 0.2) is 73.7 Å². The molecule has 0 bridgehead atoms. The molecule has 0 aliphatic heterocycles. The Balaban J connectivity index is 1.64. The Morgan fingerprint density at radius 1 is 1.17 bits per heavy atom. The lowest BCUT2D eigenvalue weighted by Gasteiger charge is -2.06. The normalized spacial score (nSPS) is 10.9. The first kappa shape index (κ1) is 18.8. The molecule has 4 aromatic rings. The highest BCUT2D eigenvalue weighted by molar-refractivity contribution is 5.89. The summed E-state index contributed by atoms with van der Waals surface area (Å²) in [4.78, 5) is 30.6. The number of rotatable bonds is 4. The molecule has 0 spiro atoms. The summed E-state index contributed by atoms with van der Waals surface area (Å²) in [5, 5.41) is 14.2. The van der Waals surface area contributed by atoms with E-state index in [1.165, 1.54) is 12.3 Å². The fourth-order valence-corrected chi connectivity index (χ4v) is 3.02. The van der Waals surface area contributed by atoms with Gasteiger partial charge in [-0.05, 0) is 24.1 Å². The number of H-pyrrole nitrogens is 1. The number of anilines is 1. The molecule has 2 aromatic heterocycles. The minimum Gasteiger partial charge on any atom is -0.423 e. The van der Waals surface area contributed by atoms with Crippen LogP contribution in [-0.2, 0) is 0 Å². The second kappa shape index (κ2) is 7.85. The van der Waals surface area contributed by atoms with Crippen molar-refractivity contribution in [2.24, 2.45) is 5.10 Å². The maximum Gasteiger partial charge on any atom is 0.336 e. The third-order valence-corrected chi connectivity index (χ3v) is 4.44. The largest absolute Gasteiger partial charge is 0.423 e. The van der Waals surface area contributed by atoms with Gasteiger partial charge in [0.2, 0.25) is 5.95 Å². The molecule has 2 N–H and O–H groups in total. The Hall–Kier alpha value is -4.51. The van der Waals surface area contributed by atoms with Gasteiger partial charge in [-0.3, -0.25) is 9.78 Å². The van der Waals surface area contributed by atoms with Crippen molar-refractivity contribution in [3.63, 3.8) is 0 Å². The van der Waals surface area contributed by atoms with E-state index in [-0.39, 0.29) is 17.2 Å². The molecule has 146 valence electrons. The van der Waals surface area contributed by atoms with Crippen molar-refractivity contribution in [3.05, 3.63) is 92.1 Å². The van der Waals surface area contributed by atoms with E-state index in [2.05, 4.69) is 20.5 Å². The summed E-state index contributed by atoms with van der Waals surface area (Å²) in [5.41, 5.74) is 4.50. The van der Waals surface area contributed by atoms with E-state index in [9.17, 15) is 14.9 Å². The number of hydrazone groups is 1. The summed E-state index contributed by atoms with van der Waals surface area (Å²) in [7, 11) is 0. The molecule has 0 atom stereocenters. The number of nitriles is 1. The van der Waals surface area contributed by atoms with E-state index < -0.39 is 11.2 Å². The van der Waals surface area contributed by atoms with Gasteiger partial charge in [0, 0.05) is 17.0 Å². The van der Waals surface area contributed by atoms with Crippen LogP contribution >= 0.6 is 0 Å². The summed E-state index contributed by atoms with van der Waals surface area (Å²) in [6, 6.07) is 17.6. The number of aryl methyl sites for hydroxylation is 1. The van der Waals surface area contributed by atoms with E-state index in [1.807, 2.05) is 31.2 Å². The van der Waals surface area contributed by atoms with Crippen LogP contribution in [0.4, 0.5) is 5.95 Å². The standard InChI is InChI=1S/C22H15N5O3/c1-13-9-19(28)30-18-10-14(7-8-16(13)18)12-24-27-22-25-20(15-5-3-2-4-6-15)17(11-23)21(29)26-22/h2-10,12H,1H3,(H2,25,26,27,29). The number of fused-ring (bicyclic) bond motifs is 1. The number of nitrogens with one attached hydrogen (secondary N) is 2. The molecule has 8 nitrogen and oxygen atoms in total. The van der Waals surface area contributed by atoms with Crippen molar-refractivity contribution >= 4 is 23.1 Å². The first-order chi connectivity index (χ1) is 14.5. The van der Waals surface area contributed by atoms with Gasteiger partial charge in [-0.25, -0.2) is 15.2 Å². The van der Waals surface area contributed by atoms with Gasteiger partial charge in [-0.2, -0.15) is 10.4 Å². The Bertz CT molecular complexity index is 1430. The first-order valence-corrected chi connectivity index (χ1v) is 8.98. The third-order valence-electron chi connectivity index (χ3n) is 4.44. The van der Waals surface area contributed by atoms with Crippen molar-refractivity contribution < 1.29 is 4.42 Å². The number of aromatic amines is 1. The predicted molar refractivity (Wildman–Crippen MR) is 113 cm³/mol. The quantitative estimate of drug-likeness (QED) is 0.310. The summed E-state index contributed by atoms with van der Waals surface area (Å²) < 4.78 is 5.23. The second-order valence-electron chi connectivity index (χ2n) is 6.49. The molecule has 2 aromatic carbocycles. The highest BCUT2D eigenvalue weighted by Gasteiger charge is 2.12. The topological polar surface area (TPSA) is 124 Å². The molecule has 0 unspecified atom stereocenters. The van der Waals surface area contributed by atoms with Crippen LogP contribution < -0.4 is 16.6 Å². The number of nitrogens with zero attached hydrogens (tertiary/aromatic N) is 3. The van der Waals surface area contributed by atoms with Crippen molar-refractivity contribution in [2.45, 2.75) is 6.92 Å². The van der Waals surface area contributed by atoms with Crippen LogP contribution in [0.3, 0.4) is 0 Å². The van der Waals surface area contributed by atoms with Crippen LogP contribution in [0.1, 0.15) is 16.7 Å². The molecular formula is C22H15N5O3. The SMILES string of the molecule is Cc1cc(=O)oc2cc(C=NNc3nc(-c4ccccc4)c(C#N)c(=O)[nH]3)ccc12. The van der Waals surface area contributed by atoms with E-state index in [0.717, 1.165) is 10.9 Å². The zero-order valence-corrected chi connectivity index (χ0v) is 15.8. The summed E-state index contributed by atoms with van der Waals surface area (Å²) >= 11 is 0. The Morgan fingerprint density at radius 3 is 2.73 bits per heavy atom. The van der Waals surface area contributed by atoms with Crippen molar-refractivity contribution in [2.75, 3.05) is 5.43 Å². The van der Waals surface area contributed by atoms with Gasteiger partial charge in [0.25, 0.3) is 5.56 Å². The molecule has 0 fully saturated rings. The molecule has 0 radical (unpaired) electrons. The first-order valence-electron chi connectivity index (χ1n) is 8.98. The molecule has 4 rings (SSSR count). The molecule has 0 aliphatic rings. The van der Waals surface area contributed by atoms with Crippen LogP contribution in [0.2, 0.25) is 0 Å². The summed E-state index contributed by atoms with van der Waals surface area (Å²) in [6.45, 7) is 1.84. The minimum absolute atomic E-state index is 0.0735. The van der Waals surface area contributed by atoms with Gasteiger partial charge >= 0.3 is 5.63 Å². The molecule has 0 amide bonds. The van der Waals surface area contributed by atoms with Gasteiger partial charge in [-0.1, -0.05) is 42.5 Å². The lowest BCUT2D eigenvalue weighted by atomic mass is 10.1. The maximum absolute atomic E-state index is 12.3. The zero-order chi connectivity index (χ0) is 21.1. The van der Waals surface area contributed by atoms with Crippen LogP contribution in [0, 0.1) is 18.3 Å². The molecule has 0 aliphatic carbocycles. The maximum atomic E-state index is 12.3. The van der Waals surface area contributed by atoms with Gasteiger partial charge in [0.1, 0.15) is 17.2 Å². The van der Waals surface area contributed by atoms with E-state index in [4.69, 9.17) is 4.42 Å². The Morgan fingerprint density at radius 2 is 1.97 bits per heavy atom. The Kier molecular flexibility index (Phi) is 4.93. The smallest absolute Gasteiger partial charge is 0.336 e. The van der Waals surface area contributed by atoms with Gasteiger partial charge in [0.05, 0.1) is 11.9 Å². The predicted octanol–water partition coefficient (Wildman–Crippen LogP) is 3.17. The van der Waals surface area contributed by atoms with E-state index in [1.54, 1.807) is 30.3 Å². The second-order valence-corrected chi connectivity index (χ2v) is 6.49. The third kappa shape index (κ3) is 3.72. The molecule has 8 heteroatoms. The summed E-state index contributed by atoms with van der Waals surface area (Å²) in [5.74, 6) is 0.0947. The van der Waals surface area contributed by atoms with Gasteiger partial charge in [-0.15, -0.1) is 0 Å². The highest BCUT2D eigenvalue weighted by Crippen LogP contribution is 2.20. The fraction of sp³-hybridized carbons (Fsp3) is 0.0455. The molecule has 30 heavy (non-hydrogen) atoms. The van der Waals surface area contributed by atoms with Crippen LogP contribution in [-0.4, -0.2) is 16.2 Å². The number of benzene rings is 2. The lowest BCUT2D eigenvalue weighted by molar-refractivity contribution is 0.560. The van der Waals surface area contributed by atoms with Crippen molar-refractivity contribution in [3.8, 4) is 17.3 Å². The minimum atomic E-state index is -0.563. The monoisotopic (exact) mass is 397 g/mol. The highest BCUT2D eigenvalue weighted by atomic mass is 16.4. The van der Waals surface area contributed by atoms with E-state index in [0.29, 0.717) is 16.7 Å². The van der Waals surface area contributed by atoms with Crippen LogP contribution in [0.25, 0.3) is 22.2 Å². The lowest BCUT2D eigenvalue weighted by Crippen LogP contribution is -2.16. The van der Waals surface area contributed by atoms with E-state index >= 15 is 0 Å². The average Bonchev–Trinajstić information content (AvgIpc) is 2.73. The van der Waals surface area contributed by atoms with Crippen LogP contribution in [0.5, 0.6) is 0 Å². The summed E-state index contributed by atoms with van der Waals surface area (Å²) in [6.07, 6.45) is 1.50. The van der Waals surface area contributed by atoms with Crippen molar-refractivity contribution in [1.82, 2.24) is 9.97 Å². The zero-order valence-electron chi connectivity index (χ0n) is 15.8. The van der Waals surface area contributed by atoms with Gasteiger partial charge in [0.15, 0.2) is 0 Å². The fourth-order valence-electron chi connectivity index (χ4n) is 3.02. The molecule has 0 saturated carbocycles. The number of aromatic nitrogens is 2. The average molecular weight is 397 g/mol. The molecule has 0 saturated heterocycles. The molecular weight excluding hydrogens is 382 g/mol. The van der Waals surface area contributed by atoms with Crippen molar-refractivity contribution in [1.29, 1.82) is 5.26 Å².